The van der Waals surface area contributed by atoms with Crippen molar-refractivity contribution < 1.29 is 14.7 Å². The molecule has 1 saturated heterocycles. The predicted octanol–water partition coefficient (Wildman–Crippen LogP) is -0.678. The number of hydrogen-bond donors (Lipinski definition) is 3. The first-order chi connectivity index (χ1) is 9.15. The van der Waals surface area contributed by atoms with Gasteiger partial charge >= 0.3 is 12.0 Å². The van der Waals surface area contributed by atoms with Gasteiger partial charge in [-0.25, -0.2) is 9.78 Å². The molecule has 1 aromatic heterocycles. The molecule has 8 nitrogen and oxygen atoms in total. The van der Waals surface area contributed by atoms with E-state index in [9.17, 15) is 9.59 Å². The molecule has 0 radical (unpaired) electrons. The standard InChI is InChI=1S/C11H17N5O3/c17-10(18)7-15-1-3-16(4-2-15)11(19)13-6-9-5-12-8-14-9/h5,8H,1-4,6-7H2,(H,12,14)(H,13,19)(H,17,18). The Bertz CT molecular complexity index is 426. The number of aromatic amines is 1. The average Bonchev–Trinajstić information content (AvgIpc) is 2.89. The van der Waals surface area contributed by atoms with Crippen LogP contribution in [0.5, 0.6) is 0 Å². The summed E-state index contributed by atoms with van der Waals surface area (Å²) < 4.78 is 0. The Morgan fingerprint density at radius 1 is 1.37 bits per heavy atom. The van der Waals surface area contributed by atoms with Crippen LogP contribution in [0.2, 0.25) is 0 Å². The smallest absolute Gasteiger partial charge is 0.317 e. The number of carboxylic acids is 1. The van der Waals surface area contributed by atoms with Crippen LogP contribution in [0.4, 0.5) is 4.79 Å². The molecule has 104 valence electrons. The monoisotopic (exact) mass is 267 g/mol. The van der Waals surface area contributed by atoms with E-state index in [1.807, 2.05) is 4.90 Å². The quantitative estimate of drug-likeness (QED) is 0.671. The van der Waals surface area contributed by atoms with Crippen LogP contribution in [-0.4, -0.2) is 69.6 Å². The van der Waals surface area contributed by atoms with E-state index < -0.39 is 5.97 Å². The molecule has 0 aromatic carbocycles. The molecule has 2 amide bonds. The van der Waals surface area contributed by atoms with Crippen molar-refractivity contribution >= 4 is 12.0 Å². The van der Waals surface area contributed by atoms with Gasteiger partial charge in [-0.3, -0.25) is 9.69 Å². The summed E-state index contributed by atoms with van der Waals surface area (Å²) in [5.41, 5.74) is 0.845. The molecular formula is C11H17N5O3. The molecule has 1 aliphatic heterocycles. The van der Waals surface area contributed by atoms with E-state index in [4.69, 9.17) is 5.11 Å². The number of imidazole rings is 1. The number of nitrogens with one attached hydrogen (secondary N) is 2. The number of nitrogens with zero attached hydrogens (tertiary/aromatic N) is 3. The van der Waals surface area contributed by atoms with Crippen molar-refractivity contribution in [3.05, 3.63) is 18.2 Å². The number of hydrogen-bond acceptors (Lipinski definition) is 4. The highest BCUT2D eigenvalue weighted by Crippen LogP contribution is 2.02. The van der Waals surface area contributed by atoms with Crippen LogP contribution in [0.3, 0.4) is 0 Å². The van der Waals surface area contributed by atoms with Crippen molar-refractivity contribution in [3.8, 4) is 0 Å². The fourth-order valence-corrected chi connectivity index (χ4v) is 1.96. The lowest BCUT2D eigenvalue weighted by Gasteiger charge is -2.33. The van der Waals surface area contributed by atoms with Crippen molar-refractivity contribution in [1.29, 1.82) is 0 Å². The van der Waals surface area contributed by atoms with E-state index in [0.717, 1.165) is 5.69 Å². The van der Waals surface area contributed by atoms with E-state index in [2.05, 4.69) is 15.3 Å². The Balaban J connectivity index is 1.71. The van der Waals surface area contributed by atoms with Gasteiger partial charge in [-0.05, 0) is 0 Å². The minimum absolute atomic E-state index is 0.0314. The minimum atomic E-state index is -0.836. The molecule has 0 saturated carbocycles. The zero-order valence-electron chi connectivity index (χ0n) is 10.5. The highest BCUT2D eigenvalue weighted by molar-refractivity contribution is 5.74. The largest absolute Gasteiger partial charge is 0.480 e. The molecule has 0 unspecified atom stereocenters. The first kappa shape index (κ1) is 13.3. The maximum Gasteiger partial charge on any atom is 0.317 e. The molecule has 0 atom stereocenters. The number of carbonyl (C=O) groups excluding carboxylic acids is 1. The van der Waals surface area contributed by atoms with Gasteiger partial charge in [0.1, 0.15) is 0 Å². The summed E-state index contributed by atoms with van der Waals surface area (Å²) in [6.45, 7) is 2.70. The van der Waals surface area contributed by atoms with Crippen LogP contribution in [0, 0.1) is 0 Å². The Labute approximate surface area is 110 Å². The van der Waals surface area contributed by atoms with Crippen LogP contribution in [-0.2, 0) is 11.3 Å². The summed E-state index contributed by atoms with van der Waals surface area (Å²) in [5, 5.41) is 11.5. The Morgan fingerprint density at radius 3 is 2.68 bits per heavy atom. The van der Waals surface area contributed by atoms with Crippen LogP contribution in [0.15, 0.2) is 12.5 Å². The number of carbonyl (C=O) groups is 2. The van der Waals surface area contributed by atoms with Gasteiger partial charge in [-0.1, -0.05) is 0 Å². The topological polar surface area (TPSA) is 102 Å². The SMILES string of the molecule is O=C(O)CN1CCN(C(=O)NCc2cnc[nH]2)CC1. The number of carboxylic acid groups (broad SMARTS) is 1. The van der Waals surface area contributed by atoms with Crippen LogP contribution in [0.1, 0.15) is 5.69 Å². The van der Waals surface area contributed by atoms with Crippen molar-refractivity contribution in [1.82, 2.24) is 25.1 Å². The molecular weight excluding hydrogens is 250 g/mol. The Hall–Kier alpha value is -2.09. The van der Waals surface area contributed by atoms with Crippen LogP contribution >= 0.6 is 0 Å². The third-order valence-electron chi connectivity index (χ3n) is 3.00. The van der Waals surface area contributed by atoms with Crippen molar-refractivity contribution in [2.75, 3.05) is 32.7 Å². The number of rotatable bonds is 4. The minimum Gasteiger partial charge on any atom is -0.480 e. The van der Waals surface area contributed by atoms with Gasteiger partial charge in [0, 0.05) is 32.4 Å². The van der Waals surface area contributed by atoms with Gasteiger partial charge in [-0.15, -0.1) is 0 Å². The molecule has 1 fully saturated rings. The van der Waals surface area contributed by atoms with E-state index in [0.29, 0.717) is 32.7 Å². The maximum absolute atomic E-state index is 11.9. The van der Waals surface area contributed by atoms with Gasteiger partial charge in [0.25, 0.3) is 0 Å². The predicted molar refractivity (Wildman–Crippen MR) is 66.5 cm³/mol. The zero-order valence-corrected chi connectivity index (χ0v) is 10.5. The fourth-order valence-electron chi connectivity index (χ4n) is 1.96. The summed E-state index contributed by atoms with van der Waals surface area (Å²) in [5.74, 6) is -0.836. The van der Waals surface area contributed by atoms with Crippen molar-refractivity contribution in [3.63, 3.8) is 0 Å². The fraction of sp³-hybridized carbons (Fsp3) is 0.545. The second-order valence-electron chi connectivity index (χ2n) is 4.39. The Kier molecular flexibility index (Phi) is 4.35. The number of aromatic nitrogens is 2. The molecule has 0 spiro atoms. The normalized spacial score (nSPS) is 16.3. The van der Waals surface area contributed by atoms with Gasteiger partial charge in [0.05, 0.1) is 25.1 Å². The molecule has 2 rings (SSSR count). The van der Waals surface area contributed by atoms with Gasteiger partial charge < -0.3 is 20.3 Å². The molecule has 0 aliphatic carbocycles. The molecule has 8 heteroatoms. The van der Waals surface area contributed by atoms with E-state index in [1.165, 1.54) is 0 Å². The van der Waals surface area contributed by atoms with Crippen LogP contribution in [0.25, 0.3) is 0 Å². The van der Waals surface area contributed by atoms with Crippen LogP contribution < -0.4 is 5.32 Å². The maximum atomic E-state index is 11.9. The lowest BCUT2D eigenvalue weighted by Crippen LogP contribution is -2.52. The molecule has 3 N–H and O–H groups in total. The number of amides is 2. The lowest BCUT2D eigenvalue weighted by atomic mass is 10.3. The summed E-state index contributed by atoms with van der Waals surface area (Å²) in [4.78, 5) is 32.7. The summed E-state index contributed by atoms with van der Waals surface area (Å²) in [7, 11) is 0. The average molecular weight is 267 g/mol. The highest BCUT2D eigenvalue weighted by Gasteiger charge is 2.21. The molecule has 0 bridgehead atoms. The number of urea groups is 1. The molecule has 1 aliphatic rings. The van der Waals surface area contributed by atoms with Gasteiger partial charge in [-0.2, -0.15) is 0 Å². The summed E-state index contributed by atoms with van der Waals surface area (Å²) >= 11 is 0. The third kappa shape index (κ3) is 3.95. The Morgan fingerprint density at radius 2 is 2.11 bits per heavy atom. The van der Waals surface area contributed by atoms with Crippen molar-refractivity contribution in [2.45, 2.75) is 6.54 Å². The summed E-state index contributed by atoms with van der Waals surface area (Å²) in [6, 6.07) is -0.135. The molecule has 2 heterocycles. The van der Waals surface area contributed by atoms with Crippen molar-refractivity contribution in [2.24, 2.45) is 0 Å². The zero-order chi connectivity index (χ0) is 13.7. The second kappa shape index (κ2) is 6.19. The second-order valence-corrected chi connectivity index (χ2v) is 4.39. The van der Waals surface area contributed by atoms with Gasteiger partial charge in [0.2, 0.25) is 0 Å². The third-order valence-corrected chi connectivity index (χ3v) is 3.00. The molecule has 19 heavy (non-hydrogen) atoms. The first-order valence-corrected chi connectivity index (χ1v) is 6.09. The van der Waals surface area contributed by atoms with Gasteiger partial charge in [0.15, 0.2) is 0 Å². The first-order valence-electron chi connectivity index (χ1n) is 6.09. The molecule has 1 aromatic rings. The van der Waals surface area contributed by atoms with E-state index >= 15 is 0 Å². The van der Waals surface area contributed by atoms with E-state index in [-0.39, 0.29) is 12.6 Å². The summed E-state index contributed by atoms with van der Waals surface area (Å²) in [6.07, 6.45) is 3.22. The lowest BCUT2D eigenvalue weighted by molar-refractivity contribution is -0.138. The number of aliphatic carboxylic acids is 1. The number of piperazine rings is 1. The van der Waals surface area contributed by atoms with E-state index in [1.54, 1.807) is 17.4 Å². The number of H-pyrrole nitrogens is 1. The highest BCUT2D eigenvalue weighted by atomic mass is 16.4.